The maximum atomic E-state index is 12.2. The highest BCUT2D eigenvalue weighted by molar-refractivity contribution is 9.10. The third-order valence-corrected chi connectivity index (χ3v) is 2.58. The first-order chi connectivity index (χ1) is 7.50. The average Bonchev–Trinajstić information content (AvgIpc) is 2.18. The van der Waals surface area contributed by atoms with Gasteiger partial charge in [0.15, 0.2) is 0 Å². The number of para-hydroxylation sites is 1. The summed E-state index contributed by atoms with van der Waals surface area (Å²) in [5.74, 6) is 0.200. The van der Waals surface area contributed by atoms with E-state index in [4.69, 9.17) is 0 Å². The summed E-state index contributed by atoms with van der Waals surface area (Å²) < 4.78 is 29.5. The van der Waals surface area contributed by atoms with Crippen molar-refractivity contribution in [3.8, 4) is 5.75 Å². The molecule has 16 heavy (non-hydrogen) atoms. The summed E-state index contributed by atoms with van der Waals surface area (Å²) in [4.78, 5) is 0. The van der Waals surface area contributed by atoms with Gasteiger partial charge in [-0.3, -0.25) is 0 Å². The van der Waals surface area contributed by atoms with Crippen LogP contribution in [0, 0.1) is 0 Å². The Hall–Kier alpha value is -0.680. The number of rotatable bonds is 5. The number of benzene rings is 1. The quantitative estimate of drug-likeness (QED) is 0.896. The van der Waals surface area contributed by atoms with Crippen molar-refractivity contribution in [3.05, 3.63) is 28.2 Å². The largest absolute Gasteiger partial charge is 0.433 e. The van der Waals surface area contributed by atoms with Crippen molar-refractivity contribution < 1.29 is 13.5 Å². The Morgan fingerprint density at radius 3 is 2.62 bits per heavy atom. The molecule has 0 fully saturated rings. The molecule has 0 aliphatic carbocycles. The van der Waals surface area contributed by atoms with Gasteiger partial charge in [0, 0.05) is 18.2 Å². The minimum atomic E-state index is -2.81. The number of hydrogen-bond acceptors (Lipinski definition) is 2. The van der Waals surface area contributed by atoms with Gasteiger partial charge in [0.1, 0.15) is 5.75 Å². The van der Waals surface area contributed by atoms with E-state index in [1.54, 1.807) is 18.2 Å². The highest BCUT2D eigenvalue weighted by Crippen LogP contribution is 2.30. The minimum Gasteiger partial charge on any atom is -0.433 e. The lowest BCUT2D eigenvalue weighted by molar-refractivity contribution is -0.0510. The van der Waals surface area contributed by atoms with Crippen molar-refractivity contribution in [2.45, 2.75) is 33.0 Å². The van der Waals surface area contributed by atoms with Crippen molar-refractivity contribution in [1.82, 2.24) is 5.32 Å². The summed E-state index contributed by atoms with van der Waals surface area (Å²) in [6, 6.07) is 5.52. The number of ether oxygens (including phenoxy) is 1. The van der Waals surface area contributed by atoms with Crippen molar-refractivity contribution in [2.75, 3.05) is 0 Å². The summed E-state index contributed by atoms with van der Waals surface area (Å²) in [7, 11) is 0. The molecule has 0 saturated carbocycles. The summed E-state index contributed by atoms with van der Waals surface area (Å²) >= 11 is 3.20. The standard InChI is InChI=1S/C11H14BrF2NO/c1-7(2)15-6-8-4-3-5-9(12)10(8)16-11(13)14/h3-5,7,11,15H,6H2,1-2H3. The lowest BCUT2D eigenvalue weighted by Gasteiger charge is -2.14. The molecule has 0 radical (unpaired) electrons. The van der Waals surface area contributed by atoms with Crippen LogP contribution >= 0.6 is 15.9 Å². The summed E-state index contributed by atoms with van der Waals surface area (Å²) in [5, 5.41) is 3.16. The fraction of sp³-hybridized carbons (Fsp3) is 0.455. The SMILES string of the molecule is CC(C)NCc1cccc(Br)c1OC(F)F. The first kappa shape index (κ1) is 13.4. The van der Waals surface area contributed by atoms with Crippen LogP contribution in [-0.4, -0.2) is 12.7 Å². The van der Waals surface area contributed by atoms with Gasteiger partial charge < -0.3 is 10.1 Å². The molecular weight excluding hydrogens is 280 g/mol. The van der Waals surface area contributed by atoms with Crippen molar-refractivity contribution in [2.24, 2.45) is 0 Å². The van der Waals surface area contributed by atoms with E-state index in [1.165, 1.54) is 0 Å². The Bertz CT molecular complexity index is 345. The van der Waals surface area contributed by atoms with Gasteiger partial charge in [0.05, 0.1) is 4.47 Å². The second kappa shape index (κ2) is 6.15. The molecule has 0 saturated heterocycles. The topological polar surface area (TPSA) is 21.3 Å². The van der Waals surface area contributed by atoms with Crippen molar-refractivity contribution >= 4 is 15.9 Å². The molecule has 0 bridgehead atoms. The van der Waals surface area contributed by atoms with Gasteiger partial charge in [-0.15, -0.1) is 0 Å². The van der Waals surface area contributed by atoms with E-state index in [1.807, 2.05) is 13.8 Å². The Balaban J connectivity index is 2.85. The van der Waals surface area contributed by atoms with Gasteiger partial charge in [0.25, 0.3) is 0 Å². The van der Waals surface area contributed by atoms with Crippen molar-refractivity contribution in [3.63, 3.8) is 0 Å². The third-order valence-electron chi connectivity index (χ3n) is 1.96. The normalized spacial score (nSPS) is 11.2. The van der Waals surface area contributed by atoms with Crippen molar-refractivity contribution in [1.29, 1.82) is 0 Å². The molecule has 0 heterocycles. The van der Waals surface area contributed by atoms with Crippen LogP contribution < -0.4 is 10.1 Å². The maximum absolute atomic E-state index is 12.2. The zero-order chi connectivity index (χ0) is 12.1. The molecule has 2 nitrogen and oxygen atoms in total. The van der Waals surface area contributed by atoms with Crippen LogP contribution in [-0.2, 0) is 6.54 Å². The molecule has 0 atom stereocenters. The van der Waals surface area contributed by atoms with Crippen LogP contribution in [0.4, 0.5) is 8.78 Å². The Morgan fingerprint density at radius 1 is 1.38 bits per heavy atom. The van der Waals surface area contributed by atoms with E-state index in [-0.39, 0.29) is 5.75 Å². The van der Waals surface area contributed by atoms with Crippen LogP contribution in [0.3, 0.4) is 0 Å². The Morgan fingerprint density at radius 2 is 2.06 bits per heavy atom. The van der Waals surface area contributed by atoms with E-state index in [2.05, 4.69) is 26.0 Å². The van der Waals surface area contributed by atoms with E-state index in [0.717, 1.165) is 0 Å². The lowest BCUT2D eigenvalue weighted by atomic mass is 10.2. The molecule has 90 valence electrons. The number of hydrogen-bond donors (Lipinski definition) is 1. The number of alkyl halides is 2. The van der Waals surface area contributed by atoms with Crippen LogP contribution in [0.2, 0.25) is 0 Å². The van der Waals surface area contributed by atoms with Crippen LogP contribution in [0.15, 0.2) is 22.7 Å². The zero-order valence-corrected chi connectivity index (χ0v) is 10.7. The minimum absolute atomic E-state index is 0.200. The Kier molecular flexibility index (Phi) is 5.15. The first-order valence-electron chi connectivity index (χ1n) is 4.96. The highest BCUT2D eigenvalue weighted by Gasteiger charge is 2.12. The first-order valence-corrected chi connectivity index (χ1v) is 5.75. The van der Waals surface area contributed by atoms with Crippen LogP contribution in [0.1, 0.15) is 19.4 Å². The molecule has 0 aliphatic heterocycles. The van der Waals surface area contributed by atoms with Gasteiger partial charge >= 0.3 is 6.61 Å². The van der Waals surface area contributed by atoms with E-state index in [9.17, 15) is 8.78 Å². The molecule has 0 aliphatic rings. The van der Waals surface area contributed by atoms with Gasteiger partial charge in [0.2, 0.25) is 0 Å². The van der Waals surface area contributed by atoms with E-state index in [0.29, 0.717) is 22.6 Å². The van der Waals surface area contributed by atoms with E-state index >= 15 is 0 Å². The smallest absolute Gasteiger partial charge is 0.387 e. The molecule has 1 rings (SSSR count). The molecular formula is C11H14BrF2NO. The fourth-order valence-corrected chi connectivity index (χ4v) is 1.73. The van der Waals surface area contributed by atoms with Gasteiger partial charge in [-0.1, -0.05) is 26.0 Å². The average molecular weight is 294 g/mol. The molecule has 0 amide bonds. The molecule has 5 heteroatoms. The maximum Gasteiger partial charge on any atom is 0.387 e. The predicted octanol–water partition coefficient (Wildman–Crippen LogP) is 3.55. The van der Waals surface area contributed by atoms with Crippen LogP contribution in [0.25, 0.3) is 0 Å². The number of nitrogens with one attached hydrogen (secondary N) is 1. The fourth-order valence-electron chi connectivity index (χ4n) is 1.23. The monoisotopic (exact) mass is 293 g/mol. The van der Waals surface area contributed by atoms with Gasteiger partial charge in [-0.05, 0) is 22.0 Å². The molecule has 1 N–H and O–H groups in total. The van der Waals surface area contributed by atoms with Gasteiger partial charge in [-0.2, -0.15) is 8.78 Å². The van der Waals surface area contributed by atoms with E-state index < -0.39 is 6.61 Å². The number of halogens is 3. The summed E-state index contributed by atoms with van der Waals surface area (Å²) in [5.41, 5.74) is 0.711. The van der Waals surface area contributed by atoms with Crippen LogP contribution in [0.5, 0.6) is 5.75 Å². The zero-order valence-electron chi connectivity index (χ0n) is 9.14. The van der Waals surface area contributed by atoms with Gasteiger partial charge in [-0.25, -0.2) is 0 Å². The summed E-state index contributed by atoms with van der Waals surface area (Å²) in [6.45, 7) is 1.67. The second-order valence-electron chi connectivity index (χ2n) is 3.64. The predicted molar refractivity (Wildman–Crippen MR) is 62.7 cm³/mol. The molecule has 1 aromatic carbocycles. The molecule has 0 spiro atoms. The summed E-state index contributed by atoms with van der Waals surface area (Å²) in [6.07, 6.45) is 0. The Labute approximate surface area is 102 Å². The third kappa shape index (κ3) is 4.06. The highest BCUT2D eigenvalue weighted by atomic mass is 79.9. The lowest BCUT2D eigenvalue weighted by Crippen LogP contribution is -2.22. The molecule has 0 unspecified atom stereocenters. The molecule has 0 aromatic heterocycles. The second-order valence-corrected chi connectivity index (χ2v) is 4.50. The molecule has 1 aromatic rings.